The van der Waals surface area contributed by atoms with Crippen LogP contribution in [0.2, 0.25) is 0 Å². The zero-order valence-corrected chi connectivity index (χ0v) is 16.5. The number of anilines is 1. The summed E-state index contributed by atoms with van der Waals surface area (Å²) < 4.78 is 7.49. The molecule has 7 nitrogen and oxygen atoms in total. The van der Waals surface area contributed by atoms with Gasteiger partial charge in [-0.25, -0.2) is 15.0 Å². The Morgan fingerprint density at radius 2 is 2.04 bits per heavy atom. The van der Waals surface area contributed by atoms with Crippen molar-refractivity contribution < 1.29 is 4.74 Å². The number of nitrogens with one attached hydrogen (secondary N) is 1. The van der Waals surface area contributed by atoms with E-state index >= 15 is 0 Å². The molecule has 28 heavy (non-hydrogen) atoms. The van der Waals surface area contributed by atoms with E-state index in [0.29, 0.717) is 35.6 Å². The molecular weight excluding hydrogens is 354 g/mol. The molecule has 0 saturated carbocycles. The first kappa shape index (κ1) is 18.6. The highest BCUT2D eigenvalue weighted by atomic mass is 16.5. The SMILES string of the molecule is Cc1nc(Cn2c(C)nc3ccccc3c2=O)cc(NC[C@]2(C)CCCO2)n1. The monoisotopic (exact) mass is 379 g/mol. The average Bonchev–Trinajstić information content (AvgIpc) is 3.10. The number of aryl methyl sites for hydroxylation is 2. The normalized spacial score (nSPS) is 19.2. The average molecular weight is 379 g/mol. The predicted molar refractivity (Wildman–Crippen MR) is 109 cm³/mol. The molecule has 7 heteroatoms. The number of hydrogen-bond donors (Lipinski definition) is 1. The number of nitrogens with zero attached hydrogens (tertiary/aromatic N) is 4. The smallest absolute Gasteiger partial charge is 0.261 e. The minimum absolute atomic E-state index is 0.0549. The van der Waals surface area contributed by atoms with E-state index < -0.39 is 0 Å². The van der Waals surface area contributed by atoms with E-state index in [1.807, 2.05) is 38.1 Å². The number of para-hydroxylation sites is 1. The summed E-state index contributed by atoms with van der Waals surface area (Å²) in [4.78, 5) is 26.5. The number of rotatable bonds is 5. The van der Waals surface area contributed by atoms with Crippen molar-refractivity contribution in [1.29, 1.82) is 0 Å². The minimum atomic E-state index is -0.158. The Hall–Kier alpha value is -2.80. The molecule has 0 bridgehead atoms. The summed E-state index contributed by atoms with van der Waals surface area (Å²) in [6.45, 7) is 7.68. The topological polar surface area (TPSA) is 81.9 Å². The fraction of sp³-hybridized carbons (Fsp3) is 0.429. The van der Waals surface area contributed by atoms with Crippen LogP contribution in [0.4, 0.5) is 5.82 Å². The van der Waals surface area contributed by atoms with Crippen molar-refractivity contribution in [3.63, 3.8) is 0 Å². The van der Waals surface area contributed by atoms with Crippen molar-refractivity contribution in [2.45, 2.75) is 45.8 Å². The molecule has 2 aromatic heterocycles. The minimum Gasteiger partial charge on any atom is -0.373 e. The van der Waals surface area contributed by atoms with Gasteiger partial charge in [0.15, 0.2) is 0 Å². The first-order valence-corrected chi connectivity index (χ1v) is 9.62. The zero-order chi connectivity index (χ0) is 19.7. The largest absolute Gasteiger partial charge is 0.373 e. The molecule has 3 aromatic rings. The summed E-state index contributed by atoms with van der Waals surface area (Å²) in [6.07, 6.45) is 2.12. The van der Waals surface area contributed by atoms with Crippen LogP contribution in [-0.4, -0.2) is 38.3 Å². The molecule has 0 spiro atoms. The number of aromatic nitrogens is 4. The Kier molecular flexibility index (Phi) is 4.85. The van der Waals surface area contributed by atoms with Crippen LogP contribution in [0.15, 0.2) is 35.1 Å². The van der Waals surface area contributed by atoms with E-state index in [9.17, 15) is 4.79 Å². The summed E-state index contributed by atoms with van der Waals surface area (Å²) in [5.74, 6) is 2.08. The molecule has 0 amide bonds. The molecule has 1 aliphatic heterocycles. The third-order valence-corrected chi connectivity index (χ3v) is 5.21. The molecule has 1 atom stereocenters. The first-order chi connectivity index (χ1) is 13.4. The Balaban J connectivity index is 1.61. The van der Waals surface area contributed by atoms with Crippen LogP contribution in [0.25, 0.3) is 10.9 Å². The van der Waals surface area contributed by atoms with Crippen LogP contribution in [0.5, 0.6) is 0 Å². The van der Waals surface area contributed by atoms with Crippen LogP contribution in [0.3, 0.4) is 0 Å². The standard InChI is InChI=1S/C21H25N5O2/c1-14-23-16(11-19(24-14)22-13-21(3)9-6-10-28-21)12-26-15(2)25-18-8-5-4-7-17(18)20(26)27/h4-5,7-8,11H,6,9-10,12-13H2,1-3H3,(H,22,23,24)/t21-/m0/s1. The van der Waals surface area contributed by atoms with E-state index in [4.69, 9.17) is 4.74 Å². The van der Waals surface area contributed by atoms with Crippen LogP contribution in [-0.2, 0) is 11.3 Å². The highest BCUT2D eigenvalue weighted by molar-refractivity contribution is 5.77. The Bertz CT molecular complexity index is 1070. The number of hydrogen-bond acceptors (Lipinski definition) is 6. The van der Waals surface area contributed by atoms with E-state index in [0.717, 1.165) is 31.0 Å². The van der Waals surface area contributed by atoms with Gasteiger partial charge in [0, 0.05) is 19.2 Å². The maximum absolute atomic E-state index is 12.9. The van der Waals surface area contributed by atoms with Gasteiger partial charge in [-0.05, 0) is 45.7 Å². The van der Waals surface area contributed by atoms with Gasteiger partial charge in [0.1, 0.15) is 17.5 Å². The lowest BCUT2D eigenvalue weighted by atomic mass is 10.0. The molecule has 1 fully saturated rings. The molecule has 1 N–H and O–H groups in total. The van der Waals surface area contributed by atoms with Crippen LogP contribution >= 0.6 is 0 Å². The lowest BCUT2D eigenvalue weighted by Crippen LogP contribution is -2.33. The molecule has 146 valence electrons. The van der Waals surface area contributed by atoms with Crippen LogP contribution in [0.1, 0.15) is 37.1 Å². The van der Waals surface area contributed by atoms with Gasteiger partial charge in [0.25, 0.3) is 5.56 Å². The number of ether oxygens (including phenoxy) is 1. The molecule has 1 aromatic carbocycles. The fourth-order valence-corrected chi connectivity index (χ4v) is 3.68. The lowest BCUT2D eigenvalue weighted by Gasteiger charge is -2.23. The second-order valence-corrected chi connectivity index (χ2v) is 7.61. The van der Waals surface area contributed by atoms with Crippen molar-refractivity contribution in [1.82, 2.24) is 19.5 Å². The summed E-state index contributed by atoms with van der Waals surface area (Å²) in [7, 11) is 0. The zero-order valence-electron chi connectivity index (χ0n) is 16.5. The summed E-state index contributed by atoms with van der Waals surface area (Å²) in [6, 6.07) is 9.30. The molecule has 4 rings (SSSR count). The van der Waals surface area contributed by atoms with Crippen LogP contribution in [0, 0.1) is 13.8 Å². The van der Waals surface area contributed by atoms with E-state index in [1.54, 1.807) is 10.6 Å². The summed E-state index contributed by atoms with van der Waals surface area (Å²) >= 11 is 0. The van der Waals surface area contributed by atoms with Crippen LogP contribution < -0.4 is 10.9 Å². The molecule has 3 heterocycles. The predicted octanol–water partition coefficient (Wildman–Crippen LogP) is 2.83. The van der Waals surface area contributed by atoms with Gasteiger partial charge in [-0.2, -0.15) is 0 Å². The first-order valence-electron chi connectivity index (χ1n) is 9.62. The van der Waals surface area contributed by atoms with Gasteiger partial charge in [-0.1, -0.05) is 12.1 Å². The second kappa shape index (κ2) is 7.31. The quantitative estimate of drug-likeness (QED) is 0.734. The van der Waals surface area contributed by atoms with Gasteiger partial charge in [-0.15, -0.1) is 0 Å². The highest BCUT2D eigenvalue weighted by Gasteiger charge is 2.29. The van der Waals surface area contributed by atoms with Gasteiger partial charge in [0.2, 0.25) is 0 Å². The van der Waals surface area contributed by atoms with Crippen molar-refractivity contribution in [3.05, 3.63) is 58.0 Å². The number of fused-ring (bicyclic) bond motifs is 1. The van der Waals surface area contributed by atoms with Crippen molar-refractivity contribution in [3.8, 4) is 0 Å². The van der Waals surface area contributed by atoms with Gasteiger partial charge in [0.05, 0.1) is 28.7 Å². The Morgan fingerprint density at radius 1 is 1.21 bits per heavy atom. The van der Waals surface area contributed by atoms with Crippen molar-refractivity contribution >= 4 is 16.7 Å². The van der Waals surface area contributed by atoms with E-state index in [-0.39, 0.29) is 11.2 Å². The van der Waals surface area contributed by atoms with E-state index in [2.05, 4.69) is 27.2 Å². The van der Waals surface area contributed by atoms with E-state index in [1.165, 1.54) is 0 Å². The Morgan fingerprint density at radius 3 is 2.82 bits per heavy atom. The maximum atomic E-state index is 12.9. The summed E-state index contributed by atoms with van der Waals surface area (Å²) in [5.41, 5.74) is 1.28. The molecular formula is C21H25N5O2. The van der Waals surface area contributed by atoms with Gasteiger partial charge < -0.3 is 10.1 Å². The molecule has 0 aliphatic carbocycles. The molecule has 1 aliphatic rings. The van der Waals surface area contributed by atoms with Gasteiger partial charge >= 0.3 is 0 Å². The third kappa shape index (κ3) is 3.75. The highest BCUT2D eigenvalue weighted by Crippen LogP contribution is 2.25. The fourth-order valence-electron chi connectivity index (χ4n) is 3.68. The van der Waals surface area contributed by atoms with Crippen molar-refractivity contribution in [2.24, 2.45) is 0 Å². The van der Waals surface area contributed by atoms with Gasteiger partial charge in [-0.3, -0.25) is 9.36 Å². The molecule has 0 radical (unpaired) electrons. The molecule has 1 saturated heterocycles. The molecule has 0 unspecified atom stereocenters. The summed E-state index contributed by atoms with van der Waals surface area (Å²) in [5, 5.41) is 3.99. The maximum Gasteiger partial charge on any atom is 0.261 e. The number of benzene rings is 1. The third-order valence-electron chi connectivity index (χ3n) is 5.21. The Labute approximate surface area is 163 Å². The lowest BCUT2D eigenvalue weighted by molar-refractivity contribution is 0.0314. The second-order valence-electron chi connectivity index (χ2n) is 7.61. The van der Waals surface area contributed by atoms with Crippen molar-refractivity contribution in [2.75, 3.05) is 18.5 Å².